The van der Waals surface area contributed by atoms with Gasteiger partial charge in [0.1, 0.15) is 5.76 Å². The summed E-state index contributed by atoms with van der Waals surface area (Å²) in [5.41, 5.74) is 4.99. The summed E-state index contributed by atoms with van der Waals surface area (Å²) >= 11 is 5.88. The van der Waals surface area contributed by atoms with E-state index < -0.39 is 17.7 Å². The van der Waals surface area contributed by atoms with Crippen LogP contribution in [0.1, 0.15) is 26.5 Å². The molecule has 7 nitrogen and oxygen atoms in total. The van der Waals surface area contributed by atoms with E-state index in [1.54, 1.807) is 31.2 Å². The Hall–Kier alpha value is -2.80. The van der Waals surface area contributed by atoms with Gasteiger partial charge in [0.05, 0.1) is 29.0 Å². The molecule has 0 spiro atoms. The number of halogens is 1. The van der Waals surface area contributed by atoms with Gasteiger partial charge in [-0.3, -0.25) is 25.2 Å². The molecule has 0 unspecified atom stereocenters. The zero-order chi connectivity index (χ0) is 16.8. The highest BCUT2D eigenvalue weighted by molar-refractivity contribution is 6.33. The van der Waals surface area contributed by atoms with Crippen LogP contribution in [0.2, 0.25) is 5.02 Å². The monoisotopic (exact) mass is 335 g/mol. The minimum atomic E-state index is -0.583. The summed E-state index contributed by atoms with van der Waals surface area (Å²) in [6.45, 7) is 1.31. The number of carbonyl (C=O) groups is 3. The topological polar surface area (TPSA) is 100 Å². The maximum Gasteiger partial charge on any atom is 0.273 e. The van der Waals surface area contributed by atoms with Crippen LogP contribution in [0.25, 0.3) is 0 Å². The van der Waals surface area contributed by atoms with Gasteiger partial charge in [-0.05, 0) is 25.1 Å². The zero-order valence-electron chi connectivity index (χ0n) is 12.2. The third-order valence-corrected chi connectivity index (χ3v) is 3.28. The third-order valence-electron chi connectivity index (χ3n) is 2.95. The number of carbonyl (C=O) groups excluding carboxylic acids is 3. The Bertz CT molecular complexity index is 742. The van der Waals surface area contributed by atoms with Crippen LogP contribution >= 0.6 is 11.6 Å². The van der Waals surface area contributed by atoms with E-state index in [0.29, 0.717) is 11.3 Å². The van der Waals surface area contributed by atoms with E-state index in [-0.39, 0.29) is 17.1 Å². The number of hydrogen-bond donors (Lipinski definition) is 3. The van der Waals surface area contributed by atoms with Gasteiger partial charge in [0, 0.05) is 0 Å². The van der Waals surface area contributed by atoms with Crippen LogP contribution in [-0.2, 0) is 4.79 Å². The summed E-state index contributed by atoms with van der Waals surface area (Å²) in [7, 11) is 0. The summed E-state index contributed by atoms with van der Waals surface area (Å²) in [4.78, 5) is 35.2. The van der Waals surface area contributed by atoms with Gasteiger partial charge in [0.2, 0.25) is 0 Å². The molecule has 0 aliphatic carbocycles. The van der Waals surface area contributed by atoms with Gasteiger partial charge >= 0.3 is 0 Å². The summed E-state index contributed by atoms with van der Waals surface area (Å²) < 4.78 is 4.99. The van der Waals surface area contributed by atoms with Crippen molar-refractivity contribution >= 4 is 29.3 Å². The van der Waals surface area contributed by atoms with E-state index in [9.17, 15) is 14.4 Å². The second-order valence-corrected chi connectivity index (χ2v) is 4.96. The van der Waals surface area contributed by atoms with Crippen LogP contribution < -0.4 is 16.2 Å². The van der Waals surface area contributed by atoms with Gasteiger partial charge in [-0.1, -0.05) is 23.7 Å². The lowest BCUT2D eigenvalue weighted by molar-refractivity contribution is -0.120. The average molecular weight is 336 g/mol. The van der Waals surface area contributed by atoms with Crippen LogP contribution in [-0.4, -0.2) is 24.3 Å². The molecule has 8 heteroatoms. The number of rotatable bonds is 4. The highest BCUT2D eigenvalue weighted by atomic mass is 35.5. The molecule has 0 fully saturated rings. The van der Waals surface area contributed by atoms with Gasteiger partial charge in [-0.15, -0.1) is 0 Å². The van der Waals surface area contributed by atoms with Crippen LogP contribution in [0.4, 0.5) is 0 Å². The van der Waals surface area contributed by atoms with Crippen molar-refractivity contribution in [2.75, 3.05) is 6.54 Å². The van der Waals surface area contributed by atoms with Crippen molar-refractivity contribution < 1.29 is 18.8 Å². The van der Waals surface area contributed by atoms with Gasteiger partial charge < -0.3 is 9.73 Å². The first-order valence-corrected chi connectivity index (χ1v) is 7.03. The summed E-state index contributed by atoms with van der Waals surface area (Å²) in [6, 6.07) is 7.95. The normalized spacial score (nSPS) is 10.0. The molecule has 23 heavy (non-hydrogen) atoms. The van der Waals surface area contributed by atoms with E-state index in [1.165, 1.54) is 12.3 Å². The van der Waals surface area contributed by atoms with E-state index in [1.807, 2.05) is 0 Å². The Balaban J connectivity index is 1.79. The van der Waals surface area contributed by atoms with Crippen molar-refractivity contribution in [3.63, 3.8) is 0 Å². The van der Waals surface area contributed by atoms with Crippen LogP contribution in [0, 0.1) is 6.92 Å². The second-order valence-electron chi connectivity index (χ2n) is 4.56. The van der Waals surface area contributed by atoms with E-state index >= 15 is 0 Å². The largest absolute Gasteiger partial charge is 0.469 e. The van der Waals surface area contributed by atoms with Crippen LogP contribution in [0.15, 0.2) is 41.0 Å². The Kier molecular flexibility index (Phi) is 5.37. The third kappa shape index (κ3) is 4.33. The lowest BCUT2D eigenvalue weighted by Crippen LogP contribution is -2.46. The van der Waals surface area contributed by atoms with Gasteiger partial charge in [0.25, 0.3) is 17.7 Å². The fourth-order valence-electron chi connectivity index (χ4n) is 1.76. The molecule has 0 aliphatic heterocycles. The Morgan fingerprint density at radius 3 is 2.43 bits per heavy atom. The molecule has 0 atom stereocenters. The average Bonchev–Trinajstić information content (AvgIpc) is 2.97. The Morgan fingerprint density at radius 1 is 1.04 bits per heavy atom. The van der Waals surface area contributed by atoms with Gasteiger partial charge in [-0.2, -0.15) is 0 Å². The first-order valence-electron chi connectivity index (χ1n) is 6.65. The van der Waals surface area contributed by atoms with Gasteiger partial charge in [0.15, 0.2) is 0 Å². The fourth-order valence-corrected chi connectivity index (χ4v) is 1.98. The summed E-state index contributed by atoms with van der Waals surface area (Å²) in [5.74, 6) is -1.14. The highest BCUT2D eigenvalue weighted by Gasteiger charge is 2.13. The zero-order valence-corrected chi connectivity index (χ0v) is 12.9. The molecule has 0 saturated carbocycles. The molecule has 0 aliphatic rings. The smallest absolute Gasteiger partial charge is 0.273 e. The molecule has 3 amide bonds. The van der Waals surface area contributed by atoms with Crippen molar-refractivity contribution in [1.29, 1.82) is 0 Å². The quantitative estimate of drug-likeness (QED) is 0.736. The predicted octanol–water partition coefficient (Wildman–Crippen LogP) is 1.43. The molecule has 3 N–H and O–H groups in total. The lowest BCUT2D eigenvalue weighted by atomic mass is 10.2. The number of furan rings is 1. The SMILES string of the molecule is Cc1occc1C(=O)NNC(=O)CNC(=O)c1ccccc1Cl. The molecule has 2 aromatic rings. The maximum absolute atomic E-state index is 11.9. The Morgan fingerprint density at radius 2 is 1.78 bits per heavy atom. The molecular formula is C15H14ClN3O4. The molecule has 120 valence electrons. The number of hydrazine groups is 1. The molecule has 1 aromatic heterocycles. The predicted molar refractivity (Wildman–Crippen MR) is 82.8 cm³/mol. The summed E-state index contributed by atoms with van der Waals surface area (Å²) in [5, 5.41) is 2.69. The molecule has 0 radical (unpaired) electrons. The first kappa shape index (κ1) is 16.6. The number of aryl methyl sites for hydroxylation is 1. The number of hydrogen-bond acceptors (Lipinski definition) is 4. The first-order chi connectivity index (χ1) is 11.0. The summed E-state index contributed by atoms with van der Waals surface area (Å²) in [6.07, 6.45) is 1.37. The molecule has 0 saturated heterocycles. The molecular weight excluding hydrogens is 322 g/mol. The lowest BCUT2D eigenvalue weighted by Gasteiger charge is -2.08. The second kappa shape index (κ2) is 7.46. The van der Waals surface area contributed by atoms with E-state index in [2.05, 4.69) is 16.2 Å². The molecule has 1 aromatic carbocycles. The molecule has 1 heterocycles. The van der Waals surface area contributed by atoms with Crippen molar-refractivity contribution in [1.82, 2.24) is 16.2 Å². The van der Waals surface area contributed by atoms with Crippen molar-refractivity contribution in [3.05, 3.63) is 58.5 Å². The van der Waals surface area contributed by atoms with Gasteiger partial charge in [-0.25, -0.2) is 0 Å². The molecule has 2 rings (SSSR count). The standard InChI is InChI=1S/C15H14ClN3O4/c1-9-10(6-7-23-9)15(22)19-18-13(20)8-17-14(21)11-4-2-3-5-12(11)16/h2-7H,8H2,1H3,(H,17,21)(H,18,20)(H,19,22). The fraction of sp³-hybridized carbons (Fsp3) is 0.133. The Labute approximate surface area is 137 Å². The minimum absolute atomic E-state index is 0.264. The van der Waals surface area contributed by atoms with Crippen LogP contribution in [0.5, 0.6) is 0 Å². The minimum Gasteiger partial charge on any atom is -0.469 e. The van der Waals surface area contributed by atoms with Crippen molar-refractivity contribution in [2.24, 2.45) is 0 Å². The number of benzene rings is 1. The molecule has 0 bridgehead atoms. The van der Waals surface area contributed by atoms with Crippen LogP contribution in [0.3, 0.4) is 0 Å². The van der Waals surface area contributed by atoms with E-state index in [4.69, 9.17) is 16.0 Å². The van der Waals surface area contributed by atoms with Crippen molar-refractivity contribution in [2.45, 2.75) is 6.92 Å². The van der Waals surface area contributed by atoms with E-state index in [0.717, 1.165) is 0 Å². The van der Waals surface area contributed by atoms with Crippen molar-refractivity contribution in [3.8, 4) is 0 Å². The highest BCUT2D eigenvalue weighted by Crippen LogP contribution is 2.14. The number of amides is 3. The number of nitrogens with one attached hydrogen (secondary N) is 3. The maximum atomic E-state index is 11.9.